The number of nitrogens with one attached hydrogen (secondary N) is 3. The topological polar surface area (TPSA) is 129 Å². The van der Waals surface area contributed by atoms with Gasteiger partial charge < -0.3 is 35.4 Å². The molecule has 2 amide bonds. The van der Waals surface area contributed by atoms with Gasteiger partial charge in [0.15, 0.2) is 0 Å². The number of rotatable bonds is 17. The normalized spacial score (nSPS) is 13.0. The smallest absolute Gasteiger partial charge is 0.489 e. The monoisotopic (exact) mass is 651 g/mol. The van der Waals surface area contributed by atoms with E-state index in [0.29, 0.717) is 19.4 Å². The van der Waals surface area contributed by atoms with E-state index >= 15 is 0 Å². The van der Waals surface area contributed by atoms with Gasteiger partial charge in [-0.2, -0.15) is 0 Å². The Morgan fingerprint density at radius 3 is 2.00 bits per heavy atom. The van der Waals surface area contributed by atoms with E-state index < -0.39 is 31.5 Å². The Morgan fingerprint density at radius 1 is 0.729 bits per heavy atom. The fraction of sp³-hybridized carbons (Fsp3) is 0.316. The molecule has 0 heterocycles. The summed E-state index contributed by atoms with van der Waals surface area (Å²) in [5.74, 6) is -0.279. The molecule has 5 N–H and O–H groups in total. The molecule has 0 unspecified atom stereocenters. The lowest BCUT2D eigenvalue weighted by molar-refractivity contribution is -0.132. The third kappa shape index (κ3) is 11.6. The van der Waals surface area contributed by atoms with Crippen LogP contribution in [0.1, 0.15) is 45.2 Å². The van der Waals surface area contributed by atoms with Gasteiger partial charge in [-0.1, -0.05) is 113 Å². The van der Waals surface area contributed by atoms with E-state index in [4.69, 9.17) is 9.39 Å². The molecule has 0 aromatic heterocycles. The predicted molar refractivity (Wildman–Crippen MR) is 190 cm³/mol. The SMILES string of the molecule is CC(C)C[C@H](NC(=O)[C@@H](NC(=O)[C@H](Cc1ccc(OCc2ccccc2)cc1)Nc1cccc(-c2ccccc2)c1)C(C)C)OB(O)O. The molecule has 0 aliphatic carbocycles. The lowest BCUT2D eigenvalue weighted by Crippen LogP contribution is -2.56. The van der Waals surface area contributed by atoms with Crippen LogP contribution in [-0.4, -0.2) is 47.5 Å². The van der Waals surface area contributed by atoms with E-state index in [-0.39, 0.29) is 17.7 Å². The van der Waals surface area contributed by atoms with Crippen LogP contribution >= 0.6 is 0 Å². The molecular formula is C38H46BN3O6. The maximum Gasteiger partial charge on any atom is 0.635 e. The van der Waals surface area contributed by atoms with Crippen LogP contribution in [0.3, 0.4) is 0 Å². The van der Waals surface area contributed by atoms with Crippen LogP contribution < -0.4 is 20.7 Å². The molecule has 9 nitrogen and oxygen atoms in total. The van der Waals surface area contributed by atoms with Crippen LogP contribution in [0.2, 0.25) is 0 Å². The number of anilines is 1. The van der Waals surface area contributed by atoms with Crippen molar-refractivity contribution < 1.29 is 29.0 Å². The van der Waals surface area contributed by atoms with Gasteiger partial charge in [0.1, 0.15) is 30.7 Å². The third-order valence-corrected chi connectivity index (χ3v) is 7.76. The van der Waals surface area contributed by atoms with E-state index in [9.17, 15) is 19.6 Å². The van der Waals surface area contributed by atoms with Crippen molar-refractivity contribution in [2.45, 2.75) is 65.5 Å². The fourth-order valence-corrected chi connectivity index (χ4v) is 5.29. The summed E-state index contributed by atoms with van der Waals surface area (Å²) >= 11 is 0. The fourth-order valence-electron chi connectivity index (χ4n) is 5.29. The first-order chi connectivity index (χ1) is 23.1. The van der Waals surface area contributed by atoms with Gasteiger partial charge in [-0.15, -0.1) is 0 Å². The summed E-state index contributed by atoms with van der Waals surface area (Å²) in [6.07, 6.45) is -0.245. The highest BCUT2D eigenvalue weighted by molar-refractivity contribution is 6.32. The van der Waals surface area contributed by atoms with Gasteiger partial charge >= 0.3 is 7.32 Å². The molecule has 0 aliphatic rings. The molecule has 0 bridgehead atoms. The molecular weight excluding hydrogens is 605 g/mol. The summed E-state index contributed by atoms with van der Waals surface area (Å²) in [6, 6.07) is 33.8. The summed E-state index contributed by atoms with van der Waals surface area (Å²) < 4.78 is 11.1. The van der Waals surface area contributed by atoms with Crippen LogP contribution in [0.15, 0.2) is 109 Å². The average Bonchev–Trinajstić information content (AvgIpc) is 3.06. The van der Waals surface area contributed by atoms with Gasteiger partial charge in [-0.05, 0) is 64.8 Å². The number of amides is 2. The quantitative estimate of drug-likeness (QED) is 0.0746. The molecule has 4 aromatic rings. The minimum absolute atomic E-state index is 0.108. The van der Waals surface area contributed by atoms with E-state index in [0.717, 1.165) is 33.7 Å². The number of carbonyl (C=O) groups is 2. The van der Waals surface area contributed by atoms with Gasteiger partial charge in [-0.25, -0.2) is 0 Å². The first-order valence-electron chi connectivity index (χ1n) is 16.4. The van der Waals surface area contributed by atoms with Crippen LogP contribution in [0.4, 0.5) is 5.69 Å². The second-order valence-electron chi connectivity index (χ2n) is 12.6. The van der Waals surface area contributed by atoms with Gasteiger partial charge in [-0.3, -0.25) is 9.59 Å². The zero-order valence-electron chi connectivity index (χ0n) is 28.0. The summed E-state index contributed by atoms with van der Waals surface area (Å²) in [7, 11) is -2.04. The van der Waals surface area contributed by atoms with Crippen molar-refractivity contribution in [2.24, 2.45) is 11.8 Å². The van der Waals surface area contributed by atoms with Crippen LogP contribution in [-0.2, 0) is 27.3 Å². The minimum atomic E-state index is -2.04. The Bertz CT molecular complexity index is 1560. The minimum Gasteiger partial charge on any atom is -0.489 e. The molecule has 10 heteroatoms. The maximum absolute atomic E-state index is 14.0. The van der Waals surface area contributed by atoms with Crippen molar-refractivity contribution in [1.29, 1.82) is 0 Å². The van der Waals surface area contributed by atoms with E-state index in [1.807, 2.05) is 137 Å². The number of hydrogen-bond acceptors (Lipinski definition) is 7. The Hall–Kier alpha value is -4.64. The zero-order valence-corrected chi connectivity index (χ0v) is 28.0. The second kappa shape index (κ2) is 18.1. The second-order valence-corrected chi connectivity index (χ2v) is 12.6. The number of benzene rings is 4. The maximum atomic E-state index is 14.0. The standard InChI is InChI=1S/C38H46BN3O6/c1-26(2)22-35(48-39(45)46)41-38(44)36(27(3)4)42-37(43)34(40-32-17-11-16-31(24-32)30-14-9-6-10-15-30)23-28-18-20-33(21-19-28)47-25-29-12-7-5-8-13-29/h5-21,24,26-27,34-36,40,45-46H,22-23,25H2,1-4H3,(H,41,44)(H,42,43)/t34-,35+,36-/m0/s1. The molecule has 3 atom stereocenters. The van der Waals surface area contributed by atoms with Gasteiger partial charge in [0.2, 0.25) is 11.8 Å². The molecule has 4 rings (SSSR count). The lowest BCUT2D eigenvalue weighted by atomic mass is 10.00. The van der Waals surface area contributed by atoms with Gasteiger partial charge in [0.25, 0.3) is 0 Å². The van der Waals surface area contributed by atoms with Crippen molar-refractivity contribution in [3.8, 4) is 16.9 Å². The summed E-state index contributed by atoms with van der Waals surface area (Å²) in [5, 5.41) is 27.9. The number of hydrogen-bond donors (Lipinski definition) is 5. The predicted octanol–water partition coefficient (Wildman–Crippen LogP) is 5.57. The Morgan fingerprint density at radius 2 is 1.38 bits per heavy atom. The molecule has 0 saturated carbocycles. The highest BCUT2D eigenvalue weighted by Gasteiger charge is 2.31. The number of ether oxygens (including phenoxy) is 1. The Kier molecular flexibility index (Phi) is 13.6. The first kappa shape index (κ1) is 36.2. The van der Waals surface area contributed by atoms with Crippen LogP contribution in [0, 0.1) is 11.8 Å². The third-order valence-electron chi connectivity index (χ3n) is 7.76. The highest BCUT2D eigenvalue weighted by Crippen LogP contribution is 2.24. The van der Waals surface area contributed by atoms with E-state index in [1.54, 1.807) is 0 Å². The summed E-state index contributed by atoms with van der Waals surface area (Å²) in [5.41, 5.74) is 4.78. The van der Waals surface area contributed by atoms with Crippen molar-refractivity contribution in [3.63, 3.8) is 0 Å². The van der Waals surface area contributed by atoms with Crippen molar-refractivity contribution in [2.75, 3.05) is 5.32 Å². The highest BCUT2D eigenvalue weighted by atomic mass is 16.6. The zero-order chi connectivity index (χ0) is 34.5. The molecule has 0 spiro atoms. The molecule has 0 aliphatic heterocycles. The van der Waals surface area contributed by atoms with Gasteiger partial charge in [0.05, 0.1) is 0 Å². The lowest BCUT2D eigenvalue weighted by Gasteiger charge is -2.28. The van der Waals surface area contributed by atoms with Crippen molar-refractivity contribution >= 4 is 24.8 Å². The van der Waals surface area contributed by atoms with E-state index in [2.05, 4.69) is 16.0 Å². The van der Waals surface area contributed by atoms with Crippen LogP contribution in [0.25, 0.3) is 11.1 Å². The van der Waals surface area contributed by atoms with Gasteiger partial charge in [0, 0.05) is 12.1 Å². The Balaban J connectivity index is 1.53. The largest absolute Gasteiger partial charge is 0.635 e. The molecule has 0 radical (unpaired) electrons. The Labute approximate surface area is 283 Å². The molecule has 0 saturated heterocycles. The average molecular weight is 652 g/mol. The number of carbonyl (C=O) groups excluding carboxylic acids is 2. The summed E-state index contributed by atoms with van der Waals surface area (Å²) in [4.78, 5) is 27.4. The molecule has 48 heavy (non-hydrogen) atoms. The van der Waals surface area contributed by atoms with Crippen LogP contribution in [0.5, 0.6) is 5.75 Å². The first-order valence-corrected chi connectivity index (χ1v) is 16.4. The van der Waals surface area contributed by atoms with Crippen molar-refractivity contribution in [1.82, 2.24) is 10.6 Å². The van der Waals surface area contributed by atoms with E-state index in [1.165, 1.54) is 0 Å². The molecule has 252 valence electrons. The molecule has 4 aromatic carbocycles. The van der Waals surface area contributed by atoms with Crippen molar-refractivity contribution in [3.05, 3.63) is 120 Å². The summed E-state index contributed by atoms with van der Waals surface area (Å²) in [6.45, 7) is 7.98. The molecule has 0 fully saturated rings.